The van der Waals surface area contributed by atoms with E-state index >= 15 is 0 Å². The number of aromatic nitrogens is 1. The first-order valence-electron chi connectivity index (χ1n) is 7.55. The summed E-state index contributed by atoms with van der Waals surface area (Å²) in [4.78, 5) is 18.4. The smallest absolute Gasteiger partial charge is 0.252 e. The Morgan fingerprint density at radius 3 is 2.46 bits per heavy atom. The first-order valence-corrected chi connectivity index (χ1v) is 8.31. The Hall–Kier alpha value is -1.82. The summed E-state index contributed by atoms with van der Waals surface area (Å²) < 4.78 is 0. The predicted molar refractivity (Wildman–Crippen MR) is 99.5 cm³/mol. The fourth-order valence-corrected chi connectivity index (χ4v) is 2.65. The lowest BCUT2D eigenvalue weighted by atomic mass is 10.2. The molecule has 2 rings (SSSR count). The Kier molecular flexibility index (Phi) is 6.85. The molecular formula is C17H20Cl2N4O. The van der Waals surface area contributed by atoms with E-state index in [1.165, 1.54) is 6.20 Å². The van der Waals surface area contributed by atoms with Gasteiger partial charge in [0.2, 0.25) is 0 Å². The van der Waals surface area contributed by atoms with E-state index in [4.69, 9.17) is 23.2 Å². The van der Waals surface area contributed by atoms with Gasteiger partial charge in [0, 0.05) is 28.5 Å². The Bertz CT molecular complexity index is 686. The van der Waals surface area contributed by atoms with Crippen molar-refractivity contribution >= 4 is 40.5 Å². The standard InChI is InChI=1S/C17H20Cl2N4O/c1-23(2)5-3-4-21-17(24)12-6-16(11-20-10-12)22-15-8-13(18)7-14(19)9-15/h6-11,22H,3-5H2,1-2H3,(H,21,24). The average molecular weight is 367 g/mol. The van der Waals surface area contributed by atoms with Crippen molar-refractivity contribution in [3.63, 3.8) is 0 Å². The van der Waals surface area contributed by atoms with E-state index < -0.39 is 0 Å². The van der Waals surface area contributed by atoms with Crippen molar-refractivity contribution in [1.82, 2.24) is 15.2 Å². The van der Waals surface area contributed by atoms with Gasteiger partial charge in [-0.15, -0.1) is 0 Å². The van der Waals surface area contributed by atoms with Crippen molar-refractivity contribution in [2.45, 2.75) is 6.42 Å². The molecule has 0 saturated carbocycles. The molecule has 7 heteroatoms. The SMILES string of the molecule is CN(C)CCCNC(=O)c1cncc(Nc2cc(Cl)cc(Cl)c2)c1. The highest BCUT2D eigenvalue weighted by atomic mass is 35.5. The number of nitrogens with zero attached hydrogens (tertiary/aromatic N) is 2. The zero-order chi connectivity index (χ0) is 17.5. The van der Waals surface area contributed by atoms with Crippen LogP contribution in [0.4, 0.5) is 11.4 Å². The molecule has 0 unspecified atom stereocenters. The van der Waals surface area contributed by atoms with Crippen LogP contribution in [0.15, 0.2) is 36.7 Å². The third-order valence-electron chi connectivity index (χ3n) is 3.22. The van der Waals surface area contributed by atoms with Gasteiger partial charge in [0.05, 0.1) is 17.4 Å². The number of pyridine rings is 1. The molecule has 0 aliphatic carbocycles. The second-order valence-corrected chi connectivity index (χ2v) is 6.53. The van der Waals surface area contributed by atoms with Crippen LogP contribution in [-0.2, 0) is 0 Å². The lowest BCUT2D eigenvalue weighted by Crippen LogP contribution is -2.27. The summed E-state index contributed by atoms with van der Waals surface area (Å²) in [5.41, 5.74) is 1.92. The van der Waals surface area contributed by atoms with Crippen molar-refractivity contribution in [2.75, 3.05) is 32.5 Å². The minimum absolute atomic E-state index is 0.144. The van der Waals surface area contributed by atoms with E-state index in [1.807, 2.05) is 14.1 Å². The fraction of sp³-hybridized carbons (Fsp3) is 0.294. The number of carbonyl (C=O) groups is 1. The van der Waals surface area contributed by atoms with Gasteiger partial charge in [-0.2, -0.15) is 0 Å². The number of hydrogen-bond donors (Lipinski definition) is 2. The molecule has 0 aliphatic rings. The minimum Gasteiger partial charge on any atom is -0.354 e. The summed E-state index contributed by atoms with van der Waals surface area (Å²) in [5.74, 6) is -0.144. The number of carbonyl (C=O) groups excluding carboxylic acids is 1. The molecule has 0 saturated heterocycles. The maximum Gasteiger partial charge on any atom is 0.252 e. The van der Waals surface area contributed by atoms with Crippen LogP contribution in [0.3, 0.4) is 0 Å². The van der Waals surface area contributed by atoms with E-state index in [0.29, 0.717) is 27.8 Å². The molecule has 1 amide bonds. The predicted octanol–water partition coefficient (Wildman–Crippen LogP) is 3.81. The largest absolute Gasteiger partial charge is 0.354 e. The van der Waals surface area contributed by atoms with Crippen LogP contribution >= 0.6 is 23.2 Å². The summed E-state index contributed by atoms with van der Waals surface area (Å²) in [6.07, 6.45) is 4.07. The Labute approximate surface area is 152 Å². The van der Waals surface area contributed by atoms with Crippen molar-refractivity contribution in [1.29, 1.82) is 0 Å². The molecule has 0 spiro atoms. The maximum atomic E-state index is 12.2. The normalized spacial score (nSPS) is 10.7. The number of nitrogens with one attached hydrogen (secondary N) is 2. The van der Waals surface area contributed by atoms with Gasteiger partial charge in [0.25, 0.3) is 5.91 Å². The molecular weight excluding hydrogens is 347 g/mol. The van der Waals surface area contributed by atoms with E-state index in [9.17, 15) is 4.79 Å². The first-order chi connectivity index (χ1) is 11.4. The summed E-state index contributed by atoms with van der Waals surface area (Å²) in [5, 5.41) is 7.10. The summed E-state index contributed by atoms with van der Waals surface area (Å²) in [6, 6.07) is 6.90. The Morgan fingerprint density at radius 2 is 1.79 bits per heavy atom. The van der Waals surface area contributed by atoms with Crippen LogP contribution in [0.5, 0.6) is 0 Å². The molecule has 0 radical (unpaired) electrons. The van der Waals surface area contributed by atoms with Gasteiger partial charge >= 0.3 is 0 Å². The molecule has 2 N–H and O–H groups in total. The van der Waals surface area contributed by atoms with E-state index in [2.05, 4.69) is 20.5 Å². The van der Waals surface area contributed by atoms with Gasteiger partial charge in [-0.3, -0.25) is 9.78 Å². The third kappa shape index (κ3) is 6.00. The molecule has 0 bridgehead atoms. The number of amides is 1. The lowest BCUT2D eigenvalue weighted by Gasteiger charge is -2.11. The quantitative estimate of drug-likeness (QED) is 0.731. The number of rotatable bonds is 7. The van der Waals surface area contributed by atoms with Gasteiger partial charge in [0.1, 0.15) is 0 Å². The maximum absolute atomic E-state index is 12.2. The third-order valence-corrected chi connectivity index (χ3v) is 3.66. The highest BCUT2D eigenvalue weighted by Gasteiger charge is 2.07. The summed E-state index contributed by atoms with van der Waals surface area (Å²) >= 11 is 12.0. The van der Waals surface area contributed by atoms with Crippen molar-refractivity contribution in [2.24, 2.45) is 0 Å². The van der Waals surface area contributed by atoms with Crippen molar-refractivity contribution in [3.05, 3.63) is 52.3 Å². The molecule has 1 aromatic carbocycles. The lowest BCUT2D eigenvalue weighted by molar-refractivity contribution is 0.0952. The topological polar surface area (TPSA) is 57.3 Å². The van der Waals surface area contributed by atoms with E-state index in [-0.39, 0.29) is 5.91 Å². The molecule has 5 nitrogen and oxygen atoms in total. The van der Waals surface area contributed by atoms with Crippen LogP contribution < -0.4 is 10.6 Å². The second-order valence-electron chi connectivity index (χ2n) is 5.66. The van der Waals surface area contributed by atoms with Crippen molar-refractivity contribution in [3.8, 4) is 0 Å². The van der Waals surface area contributed by atoms with Gasteiger partial charge in [-0.05, 0) is 51.3 Å². The number of benzene rings is 1. The molecule has 128 valence electrons. The fourth-order valence-electron chi connectivity index (χ4n) is 2.12. The average Bonchev–Trinajstić information content (AvgIpc) is 2.50. The number of hydrogen-bond acceptors (Lipinski definition) is 4. The molecule has 2 aromatic rings. The summed E-state index contributed by atoms with van der Waals surface area (Å²) in [7, 11) is 4.01. The van der Waals surface area contributed by atoms with Gasteiger partial charge in [-0.1, -0.05) is 23.2 Å². The van der Waals surface area contributed by atoms with Crippen LogP contribution in [0.1, 0.15) is 16.8 Å². The van der Waals surface area contributed by atoms with Gasteiger partial charge in [0.15, 0.2) is 0 Å². The molecule has 1 aromatic heterocycles. The van der Waals surface area contributed by atoms with Crippen LogP contribution in [0, 0.1) is 0 Å². The highest BCUT2D eigenvalue weighted by molar-refractivity contribution is 6.35. The van der Waals surface area contributed by atoms with Crippen LogP contribution in [0.2, 0.25) is 10.0 Å². The second kappa shape index (κ2) is 8.87. The highest BCUT2D eigenvalue weighted by Crippen LogP contribution is 2.25. The summed E-state index contributed by atoms with van der Waals surface area (Å²) in [6.45, 7) is 1.55. The molecule has 0 atom stereocenters. The van der Waals surface area contributed by atoms with Gasteiger partial charge < -0.3 is 15.5 Å². The zero-order valence-corrected chi connectivity index (χ0v) is 15.2. The molecule has 0 fully saturated rings. The first kappa shape index (κ1) is 18.5. The Balaban J connectivity index is 1.99. The van der Waals surface area contributed by atoms with Gasteiger partial charge in [-0.25, -0.2) is 0 Å². The van der Waals surface area contributed by atoms with Crippen molar-refractivity contribution < 1.29 is 4.79 Å². The van der Waals surface area contributed by atoms with E-state index in [0.717, 1.165) is 18.7 Å². The van der Waals surface area contributed by atoms with Crippen LogP contribution in [-0.4, -0.2) is 43.0 Å². The minimum atomic E-state index is -0.144. The monoisotopic (exact) mass is 366 g/mol. The van der Waals surface area contributed by atoms with E-state index in [1.54, 1.807) is 30.5 Å². The number of halogens is 2. The number of anilines is 2. The zero-order valence-electron chi connectivity index (χ0n) is 13.6. The molecule has 0 aliphatic heterocycles. The molecule has 24 heavy (non-hydrogen) atoms. The Morgan fingerprint density at radius 1 is 1.08 bits per heavy atom. The van der Waals surface area contributed by atoms with Crippen LogP contribution in [0.25, 0.3) is 0 Å². The molecule has 1 heterocycles.